The van der Waals surface area contributed by atoms with E-state index in [4.69, 9.17) is 4.74 Å². The Balaban J connectivity index is 1.44. The summed E-state index contributed by atoms with van der Waals surface area (Å²) in [6, 6.07) is 1.84. The van der Waals surface area contributed by atoms with Crippen LogP contribution in [0, 0.1) is 5.41 Å². The molecule has 7 heteroatoms. The van der Waals surface area contributed by atoms with E-state index in [1.54, 1.807) is 12.4 Å². The smallest absolute Gasteiger partial charge is 0.227 e. The molecule has 5 rings (SSSR count). The number of anilines is 1. The second kappa shape index (κ2) is 7.78. The number of hydrogen-bond acceptors (Lipinski definition) is 6. The molecule has 1 aliphatic carbocycles. The molecule has 28 heavy (non-hydrogen) atoms. The lowest BCUT2D eigenvalue weighted by molar-refractivity contribution is 0.00637. The van der Waals surface area contributed by atoms with Crippen LogP contribution in [0.25, 0.3) is 11.6 Å². The standard InChI is InChI=1S/C21H30N6O/c1-3-8-21(9-4-1)10-13-26(16-21)20-25-24-19(18-22-11-6-12-23-18)27(20)15-17-7-2-5-14-28-17/h6,11-12,17H,1-5,7-10,13-16H2. The average Bonchev–Trinajstić information content (AvgIpc) is 3.34. The molecule has 1 spiro atoms. The third-order valence-corrected chi connectivity index (χ3v) is 6.79. The van der Waals surface area contributed by atoms with Gasteiger partial charge in [-0.05, 0) is 50.0 Å². The summed E-state index contributed by atoms with van der Waals surface area (Å²) in [4.78, 5) is 11.3. The highest BCUT2D eigenvalue weighted by Crippen LogP contribution is 2.44. The summed E-state index contributed by atoms with van der Waals surface area (Å²) in [5.41, 5.74) is 0.486. The molecule has 7 nitrogen and oxygen atoms in total. The van der Waals surface area contributed by atoms with Gasteiger partial charge in [-0.3, -0.25) is 4.57 Å². The van der Waals surface area contributed by atoms with Gasteiger partial charge in [-0.15, -0.1) is 10.2 Å². The predicted molar refractivity (Wildman–Crippen MR) is 107 cm³/mol. The number of nitrogens with zero attached hydrogens (tertiary/aromatic N) is 6. The largest absolute Gasteiger partial charge is 0.376 e. The SMILES string of the molecule is c1cnc(-c2nnc(N3CCC4(CCCCC4)C3)n2CC2CCCCO2)nc1. The van der Waals surface area contributed by atoms with Crippen LogP contribution < -0.4 is 4.90 Å². The molecule has 2 aliphatic heterocycles. The van der Waals surface area contributed by atoms with Crippen molar-refractivity contribution in [3.05, 3.63) is 18.5 Å². The van der Waals surface area contributed by atoms with Crippen molar-refractivity contribution in [2.75, 3.05) is 24.6 Å². The predicted octanol–water partition coefficient (Wildman–Crippen LogP) is 3.46. The van der Waals surface area contributed by atoms with Crippen LogP contribution >= 0.6 is 0 Å². The van der Waals surface area contributed by atoms with Crippen molar-refractivity contribution in [1.82, 2.24) is 24.7 Å². The Kier molecular flexibility index (Phi) is 5.01. The number of aromatic nitrogens is 5. The quantitative estimate of drug-likeness (QED) is 0.807. The lowest BCUT2D eigenvalue weighted by atomic mass is 9.73. The number of rotatable bonds is 4. The Morgan fingerprint density at radius 2 is 1.86 bits per heavy atom. The summed E-state index contributed by atoms with van der Waals surface area (Å²) < 4.78 is 8.25. The molecule has 0 amide bonds. The molecule has 0 radical (unpaired) electrons. The first kappa shape index (κ1) is 18.0. The molecule has 1 saturated carbocycles. The van der Waals surface area contributed by atoms with Gasteiger partial charge in [0.1, 0.15) is 0 Å². The zero-order valence-electron chi connectivity index (χ0n) is 16.6. The maximum absolute atomic E-state index is 6.03. The molecule has 0 N–H and O–H groups in total. The van der Waals surface area contributed by atoms with E-state index < -0.39 is 0 Å². The first-order valence-corrected chi connectivity index (χ1v) is 10.9. The summed E-state index contributed by atoms with van der Waals surface area (Å²) in [6.07, 6.45) is 15.4. The van der Waals surface area contributed by atoms with Crippen LogP contribution in [-0.2, 0) is 11.3 Å². The second-order valence-electron chi connectivity index (χ2n) is 8.73. The average molecular weight is 383 g/mol. The molecule has 0 aromatic carbocycles. The summed E-state index contributed by atoms with van der Waals surface area (Å²) in [6.45, 7) is 3.80. The van der Waals surface area contributed by atoms with Crippen LogP contribution in [0.3, 0.4) is 0 Å². The summed E-state index contributed by atoms with van der Waals surface area (Å²) in [5.74, 6) is 2.37. The molecule has 1 atom stereocenters. The highest BCUT2D eigenvalue weighted by Gasteiger charge is 2.40. The minimum absolute atomic E-state index is 0.220. The zero-order valence-corrected chi connectivity index (χ0v) is 16.6. The van der Waals surface area contributed by atoms with Crippen LogP contribution in [0.1, 0.15) is 57.8 Å². The third-order valence-electron chi connectivity index (χ3n) is 6.79. The van der Waals surface area contributed by atoms with Gasteiger partial charge in [0.15, 0.2) is 5.82 Å². The van der Waals surface area contributed by atoms with Crippen molar-refractivity contribution in [1.29, 1.82) is 0 Å². The first-order valence-electron chi connectivity index (χ1n) is 10.9. The van der Waals surface area contributed by atoms with Crippen molar-refractivity contribution < 1.29 is 4.74 Å². The van der Waals surface area contributed by atoms with Gasteiger partial charge in [0.05, 0.1) is 12.6 Å². The maximum atomic E-state index is 6.03. The lowest BCUT2D eigenvalue weighted by Gasteiger charge is -2.33. The van der Waals surface area contributed by atoms with Crippen LogP contribution in [-0.4, -0.2) is 50.5 Å². The molecule has 150 valence electrons. The van der Waals surface area contributed by atoms with Gasteiger partial charge in [0.25, 0.3) is 0 Å². The zero-order chi connectivity index (χ0) is 18.8. The van der Waals surface area contributed by atoms with Gasteiger partial charge in [0, 0.05) is 32.1 Å². The second-order valence-corrected chi connectivity index (χ2v) is 8.73. The normalized spacial score (nSPS) is 24.7. The molecule has 1 unspecified atom stereocenters. The van der Waals surface area contributed by atoms with E-state index in [9.17, 15) is 0 Å². The van der Waals surface area contributed by atoms with E-state index in [1.165, 1.54) is 44.9 Å². The fourth-order valence-electron chi connectivity index (χ4n) is 5.25. The van der Waals surface area contributed by atoms with Gasteiger partial charge >= 0.3 is 0 Å². The highest BCUT2D eigenvalue weighted by molar-refractivity contribution is 5.49. The topological polar surface area (TPSA) is 69.0 Å². The molecule has 3 aliphatic rings. The van der Waals surface area contributed by atoms with Crippen LogP contribution in [0.4, 0.5) is 5.95 Å². The van der Waals surface area contributed by atoms with Gasteiger partial charge in [0.2, 0.25) is 11.8 Å². The van der Waals surface area contributed by atoms with Crippen molar-refractivity contribution >= 4 is 5.95 Å². The van der Waals surface area contributed by atoms with E-state index in [2.05, 4.69) is 29.6 Å². The minimum atomic E-state index is 0.220. The molecule has 0 bridgehead atoms. The molecule has 3 fully saturated rings. The molecular formula is C21H30N6O. The van der Waals surface area contributed by atoms with Crippen LogP contribution in [0.5, 0.6) is 0 Å². The third kappa shape index (κ3) is 3.52. The van der Waals surface area contributed by atoms with Crippen LogP contribution in [0.2, 0.25) is 0 Å². The molecular weight excluding hydrogens is 352 g/mol. The minimum Gasteiger partial charge on any atom is -0.376 e. The van der Waals surface area contributed by atoms with Crippen LogP contribution in [0.15, 0.2) is 18.5 Å². The Labute approximate surface area is 166 Å². The molecule has 2 aromatic heterocycles. The number of hydrogen-bond donors (Lipinski definition) is 0. The highest BCUT2D eigenvalue weighted by atomic mass is 16.5. The fraction of sp³-hybridized carbons (Fsp3) is 0.714. The Morgan fingerprint density at radius 3 is 2.64 bits per heavy atom. The van der Waals surface area contributed by atoms with Crippen molar-refractivity contribution in [3.63, 3.8) is 0 Å². The van der Waals surface area contributed by atoms with E-state index in [0.29, 0.717) is 11.2 Å². The molecule has 2 saturated heterocycles. The monoisotopic (exact) mass is 382 g/mol. The maximum Gasteiger partial charge on any atom is 0.227 e. The van der Waals surface area contributed by atoms with Gasteiger partial charge in [-0.1, -0.05) is 19.3 Å². The fourth-order valence-corrected chi connectivity index (χ4v) is 5.25. The lowest BCUT2D eigenvalue weighted by Crippen LogP contribution is -2.32. The van der Waals surface area contributed by atoms with E-state index in [0.717, 1.165) is 50.9 Å². The van der Waals surface area contributed by atoms with Gasteiger partial charge < -0.3 is 9.64 Å². The Hall–Kier alpha value is -2.02. The molecule has 4 heterocycles. The van der Waals surface area contributed by atoms with Crippen molar-refractivity contribution in [3.8, 4) is 11.6 Å². The van der Waals surface area contributed by atoms with Gasteiger partial charge in [-0.25, -0.2) is 9.97 Å². The van der Waals surface area contributed by atoms with Gasteiger partial charge in [-0.2, -0.15) is 0 Å². The summed E-state index contributed by atoms with van der Waals surface area (Å²) in [7, 11) is 0. The summed E-state index contributed by atoms with van der Waals surface area (Å²) in [5, 5.41) is 9.14. The van der Waals surface area contributed by atoms with Crippen molar-refractivity contribution in [2.45, 2.75) is 70.4 Å². The number of ether oxygens (including phenoxy) is 1. The Bertz CT molecular complexity index is 779. The van der Waals surface area contributed by atoms with E-state index in [1.807, 2.05) is 6.07 Å². The first-order chi connectivity index (χ1) is 13.8. The Morgan fingerprint density at radius 1 is 1.00 bits per heavy atom. The van der Waals surface area contributed by atoms with E-state index >= 15 is 0 Å². The van der Waals surface area contributed by atoms with Crippen molar-refractivity contribution in [2.24, 2.45) is 5.41 Å². The van der Waals surface area contributed by atoms with E-state index in [-0.39, 0.29) is 6.10 Å². The molecule has 2 aromatic rings. The summed E-state index contributed by atoms with van der Waals surface area (Å²) >= 11 is 0.